The van der Waals surface area contributed by atoms with Crippen LogP contribution in [0.4, 0.5) is 13.2 Å². The molecule has 0 aliphatic carbocycles. The highest BCUT2D eigenvalue weighted by molar-refractivity contribution is 6.19. The Labute approximate surface area is 170 Å². The van der Waals surface area contributed by atoms with Gasteiger partial charge in [0.25, 0.3) is 11.8 Å². The summed E-state index contributed by atoms with van der Waals surface area (Å²) in [5.74, 6) is -0.956. The van der Waals surface area contributed by atoms with Crippen LogP contribution in [-0.4, -0.2) is 23.3 Å². The molecule has 5 nitrogen and oxygen atoms in total. The number of carbonyl (C=O) groups excluding carboxylic acids is 2. The molecule has 3 rings (SSSR count). The van der Waals surface area contributed by atoms with Crippen LogP contribution in [0.15, 0.2) is 70.2 Å². The van der Waals surface area contributed by atoms with E-state index < -0.39 is 23.6 Å². The SMILES string of the molecule is C=CCN1C(=O)C(=Cc2ccc(-c3cccc(C(F)(F)F)c3)o2)C(C)=C(C#N)C1=O. The molecule has 1 aliphatic heterocycles. The number of nitrogens with zero attached hydrogens (tertiary/aromatic N) is 2. The first-order chi connectivity index (χ1) is 14.2. The van der Waals surface area contributed by atoms with Crippen LogP contribution in [0.3, 0.4) is 0 Å². The Hall–Kier alpha value is -3.86. The minimum atomic E-state index is -4.49. The predicted molar refractivity (Wildman–Crippen MR) is 102 cm³/mol. The Morgan fingerprint density at radius 1 is 1.20 bits per heavy atom. The molecule has 0 bridgehead atoms. The molecule has 1 aromatic heterocycles. The summed E-state index contributed by atoms with van der Waals surface area (Å²) in [5.41, 5.74) is -0.484. The zero-order valence-electron chi connectivity index (χ0n) is 15.8. The highest BCUT2D eigenvalue weighted by atomic mass is 19.4. The molecule has 0 N–H and O–H groups in total. The molecule has 1 aromatic carbocycles. The molecule has 0 unspecified atom stereocenters. The average Bonchev–Trinajstić information content (AvgIpc) is 3.17. The van der Waals surface area contributed by atoms with Gasteiger partial charge < -0.3 is 4.42 Å². The smallest absolute Gasteiger partial charge is 0.416 e. The Morgan fingerprint density at radius 2 is 1.93 bits per heavy atom. The number of amides is 2. The Bertz CT molecular complexity index is 1150. The highest BCUT2D eigenvalue weighted by Crippen LogP contribution is 2.33. The summed E-state index contributed by atoms with van der Waals surface area (Å²) in [6.07, 6.45) is -1.77. The number of nitriles is 1. The van der Waals surface area contributed by atoms with E-state index in [2.05, 4.69) is 6.58 Å². The lowest BCUT2D eigenvalue weighted by Crippen LogP contribution is -2.42. The van der Waals surface area contributed by atoms with Gasteiger partial charge in [-0.05, 0) is 42.8 Å². The van der Waals surface area contributed by atoms with Crippen LogP contribution >= 0.6 is 0 Å². The zero-order valence-corrected chi connectivity index (χ0v) is 15.8. The number of benzene rings is 1. The zero-order chi connectivity index (χ0) is 22.1. The summed E-state index contributed by atoms with van der Waals surface area (Å²) < 4.78 is 44.4. The van der Waals surface area contributed by atoms with Crippen molar-refractivity contribution in [3.63, 3.8) is 0 Å². The third-order valence-electron chi connectivity index (χ3n) is 4.52. The lowest BCUT2D eigenvalue weighted by molar-refractivity contribution is -0.140. The average molecular weight is 412 g/mol. The van der Waals surface area contributed by atoms with Crippen molar-refractivity contribution in [2.24, 2.45) is 0 Å². The molecule has 0 fully saturated rings. The van der Waals surface area contributed by atoms with Gasteiger partial charge >= 0.3 is 6.18 Å². The first kappa shape index (κ1) is 20.9. The van der Waals surface area contributed by atoms with Gasteiger partial charge in [0.15, 0.2) is 0 Å². The molecule has 2 heterocycles. The quantitative estimate of drug-likeness (QED) is 0.413. The fourth-order valence-electron chi connectivity index (χ4n) is 3.00. The van der Waals surface area contributed by atoms with E-state index in [0.717, 1.165) is 17.0 Å². The maximum absolute atomic E-state index is 12.9. The molecule has 152 valence electrons. The second kappa shape index (κ2) is 7.87. The first-order valence-corrected chi connectivity index (χ1v) is 8.75. The minimum Gasteiger partial charge on any atom is -0.457 e. The largest absolute Gasteiger partial charge is 0.457 e. The van der Waals surface area contributed by atoms with Crippen LogP contribution in [0.2, 0.25) is 0 Å². The van der Waals surface area contributed by atoms with Gasteiger partial charge in [-0.15, -0.1) is 6.58 Å². The maximum Gasteiger partial charge on any atom is 0.416 e. The number of rotatable bonds is 4. The van der Waals surface area contributed by atoms with E-state index in [1.54, 1.807) is 6.07 Å². The van der Waals surface area contributed by atoms with Crippen molar-refractivity contribution in [3.8, 4) is 17.4 Å². The lowest BCUT2D eigenvalue weighted by atomic mass is 9.94. The maximum atomic E-state index is 12.9. The molecular formula is C22H15F3N2O3. The highest BCUT2D eigenvalue weighted by Gasteiger charge is 2.35. The molecule has 30 heavy (non-hydrogen) atoms. The van der Waals surface area contributed by atoms with Crippen molar-refractivity contribution in [2.45, 2.75) is 13.1 Å². The lowest BCUT2D eigenvalue weighted by Gasteiger charge is -2.26. The summed E-state index contributed by atoms with van der Waals surface area (Å²) in [5, 5.41) is 9.30. The van der Waals surface area contributed by atoms with Crippen LogP contribution in [0, 0.1) is 11.3 Å². The van der Waals surface area contributed by atoms with E-state index in [1.807, 2.05) is 0 Å². The van der Waals surface area contributed by atoms with E-state index in [-0.39, 0.29) is 40.3 Å². The predicted octanol–water partition coefficient (Wildman–Crippen LogP) is 4.74. The molecule has 0 atom stereocenters. The number of hydrogen-bond donors (Lipinski definition) is 0. The summed E-state index contributed by atoms with van der Waals surface area (Å²) in [6, 6.07) is 9.44. The number of furan rings is 1. The van der Waals surface area contributed by atoms with E-state index in [0.29, 0.717) is 0 Å². The summed E-state index contributed by atoms with van der Waals surface area (Å²) >= 11 is 0. The molecule has 0 spiro atoms. The van der Waals surface area contributed by atoms with Crippen molar-refractivity contribution >= 4 is 17.9 Å². The van der Waals surface area contributed by atoms with Crippen molar-refractivity contribution in [3.05, 3.63) is 77.1 Å². The van der Waals surface area contributed by atoms with Crippen LogP contribution in [0.1, 0.15) is 18.2 Å². The van der Waals surface area contributed by atoms with E-state index >= 15 is 0 Å². The molecular weight excluding hydrogens is 397 g/mol. The van der Waals surface area contributed by atoms with Gasteiger partial charge in [0, 0.05) is 17.7 Å². The molecule has 2 amide bonds. The van der Waals surface area contributed by atoms with Gasteiger partial charge in [-0.25, -0.2) is 0 Å². The van der Waals surface area contributed by atoms with Crippen molar-refractivity contribution in [1.82, 2.24) is 4.90 Å². The third-order valence-corrected chi connectivity index (χ3v) is 4.52. The fourth-order valence-corrected chi connectivity index (χ4v) is 3.00. The number of halogens is 3. The Morgan fingerprint density at radius 3 is 2.57 bits per heavy atom. The molecule has 2 aromatic rings. The van der Waals surface area contributed by atoms with Gasteiger partial charge in [0.05, 0.1) is 5.56 Å². The van der Waals surface area contributed by atoms with E-state index in [1.165, 1.54) is 43.3 Å². The van der Waals surface area contributed by atoms with Crippen molar-refractivity contribution in [2.75, 3.05) is 6.54 Å². The van der Waals surface area contributed by atoms with Crippen LogP contribution in [0.25, 0.3) is 17.4 Å². The monoisotopic (exact) mass is 412 g/mol. The summed E-state index contributed by atoms with van der Waals surface area (Å²) in [4.78, 5) is 25.9. The second-order valence-corrected chi connectivity index (χ2v) is 6.46. The second-order valence-electron chi connectivity index (χ2n) is 6.46. The molecule has 1 aliphatic rings. The Kier molecular flexibility index (Phi) is 5.47. The molecule has 0 saturated heterocycles. The normalized spacial score (nSPS) is 16.2. The molecule has 0 radical (unpaired) electrons. The summed E-state index contributed by atoms with van der Waals surface area (Å²) in [7, 11) is 0. The van der Waals surface area contributed by atoms with Crippen LogP contribution < -0.4 is 0 Å². The van der Waals surface area contributed by atoms with Crippen LogP contribution in [-0.2, 0) is 15.8 Å². The summed E-state index contributed by atoms with van der Waals surface area (Å²) in [6.45, 7) is 4.91. The van der Waals surface area contributed by atoms with E-state index in [4.69, 9.17) is 4.42 Å². The Balaban J connectivity index is 2.02. The van der Waals surface area contributed by atoms with Gasteiger partial charge in [-0.2, -0.15) is 18.4 Å². The first-order valence-electron chi connectivity index (χ1n) is 8.75. The minimum absolute atomic E-state index is 0.0683. The number of hydrogen-bond acceptors (Lipinski definition) is 4. The molecule has 0 saturated carbocycles. The topological polar surface area (TPSA) is 74.3 Å². The third kappa shape index (κ3) is 3.82. The number of carbonyl (C=O) groups is 2. The van der Waals surface area contributed by atoms with Gasteiger partial charge in [0.2, 0.25) is 0 Å². The van der Waals surface area contributed by atoms with Crippen molar-refractivity contribution in [1.29, 1.82) is 5.26 Å². The van der Waals surface area contributed by atoms with Gasteiger partial charge in [0.1, 0.15) is 23.2 Å². The van der Waals surface area contributed by atoms with E-state index in [9.17, 15) is 28.0 Å². The fraction of sp³-hybridized carbons (Fsp3) is 0.136. The van der Waals surface area contributed by atoms with Crippen molar-refractivity contribution < 1.29 is 27.2 Å². The molecule has 8 heteroatoms. The van der Waals surface area contributed by atoms with Crippen LogP contribution in [0.5, 0.6) is 0 Å². The number of imide groups is 1. The van der Waals surface area contributed by atoms with Gasteiger partial charge in [-0.1, -0.05) is 18.2 Å². The van der Waals surface area contributed by atoms with Gasteiger partial charge in [-0.3, -0.25) is 14.5 Å². The number of alkyl halides is 3. The standard InChI is InChI=1S/C22H15F3N2O3/c1-3-9-27-20(28)17(13(2)18(12-26)21(27)29)11-16-7-8-19(30-16)14-5-4-6-15(10-14)22(23,24)25/h3-8,10-11H,1,9H2,2H3.